The van der Waals surface area contributed by atoms with Crippen LogP contribution in [0.4, 0.5) is 11.4 Å². The van der Waals surface area contributed by atoms with Gasteiger partial charge < -0.3 is 20.5 Å². The van der Waals surface area contributed by atoms with Gasteiger partial charge in [0.15, 0.2) is 0 Å². The lowest BCUT2D eigenvalue weighted by atomic mass is 9.81. The largest absolute Gasteiger partial charge is 0.466 e. The Kier molecular flexibility index (Phi) is 8.53. The minimum atomic E-state index is -1.01. The van der Waals surface area contributed by atoms with Crippen LogP contribution in [0.5, 0.6) is 0 Å². The summed E-state index contributed by atoms with van der Waals surface area (Å²) in [6, 6.07) is 28.7. The average Bonchev–Trinajstić information content (AvgIpc) is 3.07. The second kappa shape index (κ2) is 12.8. The highest BCUT2D eigenvalue weighted by atomic mass is 16.5. The second-order valence-corrected chi connectivity index (χ2v) is 9.71. The van der Waals surface area contributed by atoms with Crippen LogP contribution in [0.3, 0.4) is 0 Å². The average molecular weight is 589 g/mol. The van der Waals surface area contributed by atoms with Crippen LogP contribution in [0, 0.1) is 11.3 Å². The molecule has 44 heavy (non-hydrogen) atoms. The summed E-state index contributed by atoms with van der Waals surface area (Å²) in [5.41, 5.74) is 9.47. The summed E-state index contributed by atoms with van der Waals surface area (Å²) in [6.07, 6.45) is 0. The molecule has 0 fully saturated rings. The van der Waals surface area contributed by atoms with E-state index in [1.165, 1.54) is 25.2 Å². The molecule has 0 saturated carbocycles. The number of nitrogens with zero attached hydrogens (tertiary/aromatic N) is 3. The number of anilines is 2. The lowest BCUT2D eigenvalue weighted by Gasteiger charge is -2.37. The number of carbonyl (C=O) groups excluding carboxylic acids is 2. The van der Waals surface area contributed by atoms with E-state index in [1.807, 2.05) is 30.3 Å². The Balaban J connectivity index is 1.79. The summed E-state index contributed by atoms with van der Waals surface area (Å²) in [7, 11) is 2.38. The highest BCUT2D eigenvalue weighted by molar-refractivity contribution is 6.07. The predicted molar refractivity (Wildman–Crippen MR) is 164 cm³/mol. The summed E-state index contributed by atoms with van der Waals surface area (Å²) in [6.45, 7) is 0.403. The summed E-state index contributed by atoms with van der Waals surface area (Å²) >= 11 is 0. The van der Waals surface area contributed by atoms with Gasteiger partial charge in [-0.15, -0.1) is 0 Å². The maximum Gasteiger partial charge on any atom is 0.355 e. The van der Waals surface area contributed by atoms with Crippen molar-refractivity contribution in [3.8, 4) is 17.3 Å². The number of ether oxygens (including phenoxy) is 2. The fourth-order valence-electron chi connectivity index (χ4n) is 5.09. The van der Waals surface area contributed by atoms with Gasteiger partial charge in [-0.1, -0.05) is 66.7 Å². The molecular weight excluding hydrogens is 560 g/mol. The third kappa shape index (κ3) is 5.64. The van der Waals surface area contributed by atoms with Crippen LogP contribution in [-0.4, -0.2) is 36.4 Å². The maximum atomic E-state index is 13.6. The van der Waals surface area contributed by atoms with Crippen molar-refractivity contribution in [2.45, 2.75) is 12.5 Å². The van der Waals surface area contributed by atoms with Crippen molar-refractivity contribution >= 4 is 23.3 Å². The number of nitrogens with one attached hydrogen (secondary N) is 2. The molecule has 0 aliphatic carbocycles. The number of methoxy groups -OCH3 is 2. The van der Waals surface area contributed by atoms with Crippen molar-refractivity contribution in [3.63, 3.8) is 0 Å². The Labute approximate surface area is 252 Å². The van der Waals surface area contributed by atoms with E-state index in [-0.39, 0.29) is 28.2 Å². The highest BCUT2D eigenvalue weighted by Crippen LogP contribution is 2.45. The van der Waals surface area contributed by atoms with Crippen molar-refractivity contribution in [2.24, 2.45) is 5.73 Å². The molecule has 4 N–H and O–H groups in total. The normalized spacial score (nSPS) is 14.6. The molecule has 1 unspecified atom stereocenters. The quantitative estimate of drug-likeness (QED) is 0.257. The minimum absolute atomic E-state index is 0.0332. The number of carbonyl (C=O) groups is 2. The number of hydrogen-bond donors (Lipinski definition) is 3. The molecule has 1 aliphatic heterocycles. The van der Waals surface area contributed by atoms with Gasteiger partial charge in [0, 0.05) is 18.2 Å². The van der Waals surface area contributed by atoms with Crippen molar-refractivity contribution in [3.05, 3.63) is 135 Å². The number of hydrogen-bond acceptors (Lipinski definition) is 10. The number of nitrogens with two attached hydrogens (primary N) is 1. The molecule has 1 aliphatic rings. The lowest BCUT2D eigenvalue weighted by molar-refractivity contribution is -0.139. The van der Waals surface area contributed by atoms with Crippen molar-refractivity contribution in [1.82, 2.24) is 10.2 Å². The van der Waals surface area contributed by atoms with Gasteiger partial charge in [0.1, 0.15) is 11.5 Å². The zero-order valence-electron chi connectivity index (χ0n) is 23.9. The molecular formula is C33H28N6O5. The molecule has 5 rings (SSSR count). The number of benzene rings is 3. The molecule has 0 amide bonds. The van der Waals surface area contributed by atoms with Gasteiger partial charge in [-0.2, -0.15) is 10.4 Å². The van der Waals surface area contributed by atoms with Gasteiger partial charge in [0.2, 0.25) is 0 Å². The smallest absolute Gasteiger partial charge is 0.355 e. The van der Waals surface area contributed by atoms with Crippen LogP contribution in [0.1, 0.15) is 17.0 Å². The van der Waals surface area contributed by atoms with Crippen LogP contribution in [-0.2, 0) is 25.6 Å². The summed E-state index contributed by atoms with van der Waals surface area (Å²) in [5, 5.41) is 20.4. The Hall–Kier alpha value is -6.15. The molecule has 0 spiro atoms. The maximum absolute atomic E-state index is 13.6. The monoisotopic (exact) mass is 588 g/mol. The Bertz CT molecular complexity index is 1860. The van der Waals surface area contributed by atoms with E-state index in [9.17, 15) is 19.6 Å². The molecule has 11 nitrogen and oxygen atoms in total. The Morgan fingerprint density at radius 3 is 2.27 bits per heavy atom. The van der Waals surface area contributed by atoms with E-state index in [0.29, 0.717) is 34.7 Å². The van der Waals surface area contributed by atoms with E-state index in [1.54, 1.807) is 54.6 Å². The first-order chi connectivity index (χ1) is 21.4. The first kappa shape index (κ1) is 29.3. The van der Waals surface area contributed by atoms with Gasteiger partial charge in [-0.3, -0.25) is 9.69 Å². The zero-order valence-corrected chi connectivity index (χ0v) is 23.9. The number of H-pyrrole nitrogens is 1. The van der Waals surface area contributed by atoms with Gasteiger partial charge in [-0.05, 0) is 29.3 Å². The van der Waals surface area contributed by atoms with Crippen LogP contribution < -0.4 is 21.5 Å². The predicted octanol–water partition coefficient (Wildman–Crippen LogP) is 3.95. The zero-order chi connectivity index (χ0) is 31.2. The molecule has 2 heterocycles. The molecule has 11 heteroatoms. The first-order valence-corrected chi connectivity index (χ1v) is 13.5. The molecule has 1 aromatic heterocycles. The second-order valence-electron chi connectivity index (χ2n) is 9.71. The van der Waals surface area contributed by atoms with E-state index in [0.717, 1.165) is 5.56 Å². The first-order valence-electron chi connectivity index (χ1n) is 13.5. The molecule has 1 atom stereocenters. The molecule has 4 aromatic rings. The van der Waals surface area contributed by atoms with E-state index in [4.69, 9.17) is 15.2 Å². The van der Waals surface area contributed by atoms with Crippen LogP contribution in [0.2, 0.25) is 0 Å². The van der Waals surface area contributed by atoms with E-state index in [2.05, 4.69) is 21.6 Å². The lowest BCUT2D eigenvalue weighted by Crippen LogP contribution is -2.41. The third-order valence-corrected chi connectivity index (χ3v) is 7.15. The number of aromatic nitrogens is 2. The van der Waals surface area contributed by atoms with E-state index >= 15 is 0 Å². The van der Waals surface area contributed by atoms with Gasteiger partial charge in [-0.25, -0.2) is 14.7 Å². The molecule has 0 bridgehead atoms. The Morgan fingerprint density at radius 1 is 0.977 bits per heavy atom. The van der Waals surface area contributed by atoms with Crippen LogP contribution >= 0.6 is 0 Å². The number of aromatic amines is 1. The molecule has 0 saturated heterocycles. The number of nitriles is 1. The van der Waals surface area contributed by atoms with Crippen molar-refractivity contribution in [1.29, 1.82) is 5.26 Å². The van der Waals surface area contributed by atoms with Gasteiger partial charge in [0.05, 0.1) is 54.4 Å². The standard InChI is InChI=1S/C33H28N6O5/c1-43-32(41)29-28(21-11-7-4-8-12-21)23(18-34)31(35)39(30(29)33(42)44-2)26-17-22(24-15-16-27(40)38-37-24)13-14-25(26)36-19-20-9-5-3-6-10-20/h3-17,28,36H,19,35H2,1-2H3,(H,38,40). The van der Waals surface area contributed by atoms with Crippen LogP contribution in [0.15, 0.2) is 118 Å². The highest BCUT2D eigenvalue weighted by Gasteiger charge is 2.43. The summed E-state index contributed by atoms with van der Waals surface area (Å²) < 4.78 is 10.3. The SMILES string of the molecule is COC(=O)C1=C(C(=O)OC)N(c2cc(-c3ccc(=O)[nH]n3)ccc2NCc2ccccc2)C(N)=C(C#N)C1c1ccccc1. The number of esters is 2. The van der Waals surface area contributed by atoms with Crippen LogP contribution in [0.25, 0.3) is 11.3 Å². The van der Waals surface area contributed by atoms with Crippen molar-refractivity contribution in [2.75, 3.05) is 24.4 Å². The number of allylic oxidation sites excluding steroid dienone is 1. The summed E-state index contributed by atoms with van der Waals surface area (Å²) in [4.78, 5) is 40.1. The van der Waals surface area contributed by atoms with Gasteiger partial charge in [0.25, 0.3) is 5.56 Å². The third-order valence-electron chi connectivity index (χ3n) is 7.15. The fraction of sp³-hybridized carbons (Fsp3) is 0.121. The fourth-order valence-corrected chi connectivity index (χ4v) is 5.09. The Morgan fingerprint density at radius 2 is 1.66 bits per heavy atom. The molecule has 220 valence electrons. The minimum Gasteiger partial charge on any atom is -0.466 e. The molecule has 0 radical (unpaired) electrons. The summed E-state index contributed by atoms with van der Waals surface area (Å²) in [5.74, 6) is -2.79. The van der Waals surface area contributed by atoms with Crippen molar-refractivity contribution < 1.29 is 19.1 Å². The number of rotatable bonds is 8. The van der Waals surface area contributed by atoms with E-state index < -0.39 is 17.9 Å². The van der Waals surface area contributed by atoms with Gasteiger partial charge >= 0.3 is 11.9 Å². The topological polar surface area (TPSA) is 163 Å². The molecule has 3 aromatic carbocycles.